The quantitative estimate of drug-likeness (QED) is 0.921. The number of hydrogen-bond acceptors (Lipinski definition) is 3. The van der Waals surface area contributed by atoms with E-state index < -0.39 is 10.0 Å². The van der Waals surface area contributed by atoms with E-state index in [-0.39, 0.29) is 5.41 Å². The Morgan fingerprint density at radius 2 is 2.00 bits per heavy atom. The average molecular weight is 294 g/mol. The highest BCUT2D eigenvalue weighted by Crippen LogP contribution is 2.62. The van der Waals surface area contributed by atoms with Gasteiger partial charge in [0.1, 0.15) is 0 Å². The van der Waals surface area contributed by atoms with Gasteiger partial charge in [0.05, 0.1) is 4.90 Å². The molecule has 20 heavy (non-hydrogen) atoms. The number of hydrogen-bond donors (Lipinski definition) is 1. The van der Waals surface area contributed by atoms with E-state index in [2.05, 4.69) is 6.92 Å². The zero-order valence-corrected chi connectivity index (χ0v) is 12.9. The number of nitrogens with two attached hydrogens (primary N) is 1. The molecular weight excluding hydrogens is 272 g/mol. The smallest absolute Gasteiger partial charge is 0.243 e. The second kappa shape index (κ2) is 4.55. The summed E-state index contributed by atoms with van der Waals surface area (Å²) >= 11 is 0. The molecule has 5 heteroatoms. The van der Waals surface area contributed by atoms with Crippen LogP contribution in [-0.4, -0.2) is 32.4 Å². The number of nitrogens with zero attached hydrogens (tertiary/aromatic N) is 1. The molecule has 0 bridgehead atoms. The maximum atomic E-state index is 12.7. The first kappa shape index (κ1) is 14.0. The van der Waals surface area contributed by atoms with Crippen LogP contribution in [0.2, 0.25) is 0 Å². The van der Waals surface area contributed by atoms with Crippen molar-refractivity contribution in [2.24, 2.45) is 23.0 Å². The molecule has 0 radical (unpaired) electrons. The van der Waals surface area contributed by atoms with Gasteiger partial charge in [-0.25, -0.2) is 8.42 Å². The van der Waals surface area contributed by atoms with Crippen molar-refractivity contribution in [1.82, 2.24) is 4.31 Å². The van der Waals surface area contributed by atoms with Crippen molar-refractivity contribution in [2.75, 3.05) is 19.6 Å². The van der Waals surface area contributed by atoms with Crippen molar-refractivity contribution in [3.63, 3.8) is 0 Å². The summed E-state index contributed by atoms with van der Waals surface area (Å²) in [7, 11) is -3.35. The summed E-state index contributed by atoms with van der Waals surface area (Å²) in [5.41, 5.74) is 7.16. The van der Waals surface area contributed by atoms with Gasteiger partial charge in [0.2, 0.25) is 10.0 Å². The van der Waals surface area contributed by atoms with Crippen LogP contribution < -0.4 is 5.73 Å². The lowest BCUT2D eigenvalue weighted by molar-refractivity contribution is 0.266. The monoisotopic (exact) mass is 294 g/mol. The molecule has 1 heterocycles. The van der Waals surface area contributed by atoms with Crippen molar-refractivity contribution >= 4 is 10.0 Å². The fraction of sp³-hybridized carbons (Fsp3) is 0.600. The highest BCUT2D eigenvalue weighted by molar-refractivity contribution is 7.89. The van der Waals surface area contributed by atoms with Gasteiger partial charge in [0.15, 0.2) is 0 Å². The SMILES string of the molecule is Cc1ccc(S(=O)(=O)N2CC[C@@]3(CN)C(C)[C@H]3C2)cc1. The molecular formula is C15H22N2O2S. The number of benzene rings is 1. The lowest BCUT2D eigenvalue weighted by Crippen LogP contribution is -2.41. The molecule has 1 aliphatic heterocycles. The first-order chi connectivity index (χ1) is 9.41. The van der Waals surface area contributed by atoms with Crippen molar-refractivity contribution in [1.29, 1.82) is 0 Å². The number of aryl methyl sites for hydroxylation is 1. The summed E-state index contributed by atoms with van der Waals surface area (Å²) in [6.07, 6.45) is 0.889. The molecule has 0 spiro atoms. The topological polar surface area (TPSA) is 63.4 Å². The lowest BCUT2D eigenvalue weighted by Gasteiger charge is -2.30. The molecule has 3 rings (SSSR count). The predicted molar refractivity (Wildman–Crippen MR) is 78.7 cm³/mol. The third-order valence-electron chi connectivity index (χ3n) is 5.41. The summed E-state index contributed by atoms with van der Waals surface area (Å²) in [6.45, 7) is 6.04. The van der Waals surface area contributed by atoms with Crippen LogP contribution >= 0.6 is 0 Å². The summed E-state index contributed by atoms with van der Waals surface area (Å²) in [5, 5.41) is 0. The second-order valence-corrected chi connectivity index (χ2v) is 8.20. The van der Waals surface area contributed by atoms with E-state index >= 15 is 0 Å². The molecule has 0 aromatic heterocycles. The van der Waals surface area contributed by atoms with Gasteiger partial charge in [-0.15, -0.1) is 0 Å². The van der Waals surface area contributed by atoms with E-state index in [1.165, 1.54) is 0 Å². The maximum absolute atomic E-state index is 12.7. The standard InChI is InChI=1S/C15H22N2O2S/c1-11-3-5-13(6-4-11)20(18,19)17-8-7-15(10-16)12(2)14(15)9-17/h3-6,12,14H,7-10,16H2,1-2H3/t12?,14-,15-/m1/s1. The van der Waals surface area contributed by atoms with E-state index in [0.29, 0.717) is 36.4 Å². The molecule has 3 atom stereocenters. The Bertz CT molecular complexity index is 611. The van der Waals surface area contributed by atoms with Crippen LogP contribution in [0, 0.1) is 24.2 Å². The molecule has 2 aliphatic rings. The Balaban J connectivity index is 1.82. The molecule has 1 unspecified atom stereocenters. The molecule has 1 aliphatic carbocycles. The molecule has 1 aromatic rings. The predicted octanol–water partition coefficient (Wildman–Crippen LogP) is 1.60. The molecule has 1 saturated carbocycles. The van der Waals surface area contributed by atoms with Gasteiger partial charge in [0, 0.05) is 13.1 Å². The first-order valence-electron chi connectivity index (χ1n) is 7.19. The van der Waals surface area contributed by atoms with Gasteiger partial charge in [-0.2, -0.15) is 4.31 Å². The minimum Gasteiger partial charge on any atom is -0.330 e. The average Bonchev–Trinajstić information content (AvgIpc) is 3.04. The molecule has 4 nitrogen and oxygen atoms in total. The molecule has 2 N–H and O–H groups in total. The van der Waals surface area contributed by atoms with Crippen molar-refractivity contribution < 1.29 is 8.42 Å². The zero-order chi connectivity index (χ0) is 14.5. The Kier molecular flexibility index (Phi) is 3.19. The minimum atomic E-state index is -3.35. The van der Waals surface area contributed by atoms with Gasteiger partial charge >= 0.3 is 0 Å². The second-order valence-electron chi connectivity index (χ2n) is 6.26. The minimum absolute atomic E-state index is 0.208. The van der Waals surface area contributed by atoms with Crippen LogP contribution in [0.3, 0.4) is 0 Å². The van der Waals surface area contributed by atoms with E-state index in [9.17, 15) is 8.42 Å². The Labute approximate surface area is 121 Å². The first-order valence-corrected chi connectivity index (χ1v) is 8.63. The van der Waals surface area contributed by atoms with Gasteiger partial charge < -0.3 is 5.73 Å². The number of piperidine rings is 1. The summed E-state index contributed by atoms with van der Waals surface area (Å²) in [4.78, 5) is 0.400. The van der Waals surface area contributed by atoms with E-state index in [0.717, 1.165) is 12.0 Å². The molecule has 0 amide bonds. The molecule has 110 valence electrons. The van der Waals surface area contributed by atoms with Crippen LogP contribution in [0.15, 0.2) is 29.2 Å². The Morgan fingerprint density at radius 3 is 2.55 bits per heavy atom. The highest BCUT2D eigenvalue weighted by atomic mass is 32.2. The van der Waals surface area contributed by atoms with Crippen molar-refractivity contribution in [3.05, 3.63) is 29.8 Å². The number of fused-ring (bicyclic) bond motifs is 1. The van der Waals surface area contributed by atoms with E-state index in [4.69, 9.17) is 5.73 Å². The Hall–Kier alpha value is -0.910. The molecule has 2 fully saturated rings. The van der Waals surface area contributed by atoms with E-state index in [1.807, 2.05) is 19.1 Å². The summed E-state index contributed by atoms with van der Waals surface area (Å²) in [6, 6.07) is 7.10. The number of sulfonamides is 1. The van der Waals surface area contributed by atoms with Crippen LogP contribution in [0.4, 0.5) is 0 Å². The van der Waals surface area contributed by atoms with Gasteiger partial charge in [0.25, 0.3) is 0 Å². The largest absolute Gasteiger partial charge is 0.330 e. The van der Waals surface area contributed by atoms with Crippen molar-refractivity contribution in [3.8, 4) is 0 Å². The van der Waals surface area contributed by atoms with Crippen LogP contribution in [0.1, 0.15) is 18.9 Å². The molecule has 1 aromatic carbocycles. The third-order valence-corrected chi connectivity index (χ3v) is 7.28. The summed E-state index contributed by atoms with van der Waals surface area (Å²) in [5.74, 6) is 0.979. The fourth-order valence-electron chi connectivity index (χ4n) is 3.72. The molecule has 1 saturated heterocycles. The van der Waals surface area contributed by atoms with E-state index in [1.54, 1.807) is 16.4 Å². The van der Waals surface area contributed by atoms with Crippen LogP contribution in [-0.2, 0) is 10.0 Å². The lowest BCUT2D eigenvalue weighted by atomic mass is 9.95. The zero-order valence-electron chi connectivity index (χ0n) is 12.0. The fourth-order valence-corrected chi connectivity index (χ4v) is 5.18. The summed E-state index contributed by atoms with van der Waals surface area (Å²) < 4.78 is 27.0. The van der Waals surface area contributed by atoms with Crippen LogP contribution in [0.5, 0.6) is 0 Å². The highest BCUT2D eigenvalue weighted by Gasteiger charge is 2.63. The normalized spacial score (nSPS) is 33.8. The van der Waals surface area contributed by atoms with Crippen LogP contribution in [0.25, 0.3) is 0 Å². The maximum Gasteiger partial charge on any atom is 0.243 e. The van der Waals surface area contributed by atoms with Gasteiger partial charge in [-0.1, -0.05) is 24.6 Å². The third kappa shape index (κ3) is 1.91. The Morgan fingerprint density at radius 1 is 1.35 bits per heavy atom. The number of rotatable bonds is 3. The van der Waals surface area contributed by atoms with Gasteiger partial charge in [-0.05, 0) is 49.3 Å². The van der Waals surface area contributed by atoms with Crippen molar-refractivity contribution in [2.45, 2.75) is 25.2 Å². The van der Waals surface area contributed by atoms with Gasteiger partial charge in [-0.3, -0.25) is 0 Å².